The minimum absolute atomic E-state index is 0.259. The van der Waals surface area contributed by atoms with Gasteiger partial charge in [-0.1, -0.05) is 5.10 Å². The Kier molecular flexibility index (Phi) is 6.47. The van der Waals surface area contributed by atoms with Crippen LogP contribution in [-0.4, -0.2) is 43.7 Å². The Bertz CT molecular complexity index is 279. The molecule has 3 N–H and O–H groups in total. The third-order valence-electron chi connectivity index (χ3n) is 1.81. The van der Waals surface area contributed by atoms with Gasteiger partial charge in [0.2, 0.25) is 5.89 Å². The van der Waals surface area contributed by atoms with Crippen LogP contribution in [0.25, 0.3) is 0 Å². The lowest BCUT2D eigenvalue weighted by Gasteiger charge is -2.03. The average Bonchev–Trinajstić information content (AvgIpc) is 2.76. The first-order valence-electron chi connectivity index (χ1n) is 5.20. The molecule has 0 aliphatic rings. The molecule has 0 aliphatic carbocycles. The zero-order valence-corrected chi connectivity index (χ0v) is 9.44. The second-order valence-corrected chi connectivity index (χ2v) is 3.09. The summed E-state index contributed by atoms with van der Waals surface area (Å²) >= 11 is 0. The second-order valence-electron chi connectivity index (χ2n) is 3.09. The fraction of sp³-hybridized carbons (Fsp3) is 0.778. The minimum Gasteiger partial charge on any atom is -0.407 e. The highest BCUT2D eigenvalue weighted by molar-refractivity contribution is 5.16. The van der Waals surface area contributed by atoms with E-state index in [0.29, 0.717) is 31.7 Å². The summed E-state index contributed by atoms with van der Waals surface area (Å²) in [4.78, 5) is 0. The second kappa shape index (κ2) is 8.03. The zero-order valence-electron chi connectivity index (χ0n) is 9.44. The standard InChI is InChI=1S/C9H18N4O3/c1-14-5-6-15-4-2-3-11-9-13-12-8(7-10)16-9/h2-7,10H2,1H3,(H,11,13). The van der Waals surface area contributed by atoms with Gasteiger partial charge < -0.3 is 24.9 Å². The molecule has 0 aliphatic heterocycles. The van der Waals surface area contributed by atoms with Gasteiger partial charge in [0, 0.05) is 20.3 Å². The third-order valence-corrected chi connectivity index (χ3v) is 1.81. The predicted octanol–water partition coefficient (Wildman–Crippen LogP) is -0.00670. The van der Waals surface area contributed by atoms with Crippen LogP contribution in [-0.2, 0) is 16.0 Å². The number of hydrogen-bond donors (Lipinski definition) is 2. The molecule has 0 saturated heterocycles. The molecule has 0 atom stereocenters. The summed E-state index contributed by atoms with van der Waals surface area (Å²) < 4.78 is 15.3. The summed E-state index contributed by atoms with van der Waals surface area (Å²) in [5.41, 5.74) is 5.33. The molecule has 0 saturated carbocycles. The molecule has 16 heavy (non-hydrogen) atoms. The van der Waals surface area contributed by atoms with E-state index in [4.69, 9.17) is 19.6 Å². The number of ether oxygens (including phenoxy) is 2. The summed E-state index contributed by atoms with van der Waals surface area (Å²) in [6.45, 7) is 2.90. The number of methoxy groups -OCH3 is 1. The van der Waals surface area contributed by atoms with Gasteiger partial charge in [-0.05, 0) is 6.42 Å². The van der Waals surface area contributed by atoms with Crippen molar-refractivity contribution in [2.45, 2.75) is 13.0 Å². The van der Waals surface area contributed by atoms with Crippen molar-refractivity contribution >= 4 is 6.01 Å². The molecule has 1 aromatic rings. The SMILES string of the molecule is COCCOCCCNc1nnc(CN)o1. The van der Waals surface area contributed by atoms with Crippen molar-refractivity contribution in [3.63, 3.8) is 0 Å². The van der Waals surface area contributed by atoms with Crippen molar-refractivity contribution in [1.82, 2.24) is 10.2 Å². The van der Waals surface area contributed by atoms with Gasteiger partial charge in [-0.15, -0.1) is 5.10 Å². The van der Waals surface area contributed by atoms with Gasteiger partial charge in [0.1, 0.15) is 0 Å². The molecule has 0 radical (unpaired) electrons. The highest BCUT2D eigenvalue weighted by Crippen LogP contribution is 2.03. The first kappa shape index (κ1) is 12.9. The minimum atomic E-state index is 0.259. The fourth-order valence-electron chi connectivity index (χ4n) is 1.02. The van der Waals surface area contributed by atoms with Crippen LogP contribution >= 0.6 is 0 Å². The van der Waals surface area contributed by atoms with E-state index in [-0.39, 0.29) is 6.54 Å². The number of hydrogen-bond acceptors (Lipinski definition) is 7. The lowest BCUT2D eigenvalue weighted by Crippen LogP contribution is -2.08. The summed E-state index contributed by atoms with van der Waals surface area (Å²) in [6, 6.07) is 0.400. The van der Waals surface area contributed by atoms with Gasteiger partial charge in [0.15, 0.2) is 0 Å². The third kappa shape index (κ3) is 5.06. The maximum absolute atomic E-state index is 5.33. The number of nitrogens with one attached hydrogen (secondary N) is 1. The van der Waals surface area contributed by atoms with Crippen LogP contribution in [0.1, 0.15) is 12.3 Å². The first-order chi connectivity index (χ1) is 7.86. The van der Waals surface area contributed by atoms with E-state index in [9.17, 15) is 0 Å². The van der Waals surface area contributed by atoms with Crippen LogP contribution in [0.15, 0.2) is 4.42 Å². The number of anilines is 1. The maximum atomic E-state index is 5.33. The Morgan fingerprint density at radius 3 is 2.88 bits per heavy atom. The maximum Gasteiger partial charge on any atom is 0.315 e. The van der Waals surface area contributed by atoms with Crippen molar-refractivity contribution in [1.29, 1.82) is 0 Å². The molecule has 0 fully saturated rings. The Balaban J connectivity index is 1.98. The number of nitrogens with two attached hydrogens (primary N) is 1. The van der Waals surface area contributed by atoms with Crippen molar-refractivity contribution < 1.29 is 13.9 Å². The Labute approximate surface area is 94.3 Å². The monoisotopic (exact) mass is 230 g/mol. The van der Waals surface area contributed by atoms with E-state index in [2.05, 4.69) is 15.5 Å². The van der Waals surface area contributed by atoms with Gasteiger partial charge >= 0.3 is 6.01 Å². The molecular formula is C9H18N4O3. The number of rotatable bonds is 9. The van der Waals surface area contributed by atoms with E-state index in [1.807, 2.05) is 0 Å². The summed E-state index contributed by atoms with van der Waals surface area (Å²) in [7, 11) is 1.65. The highest BCUT2D eigenvalue weighted by Gasteiger charge is 2.02. The molecule has 92 valence electrons. The first-order valence-corrected chi connectivity index (χ1v) is 5.20. The smallest absolute Gasteiger partial charge is 0.315 e. The summed E-state index contributed by atoms with van der Waals surface area (Å²) in [6.07, 6.45) is 0.865. The highest BCUT2D eigenvalue weighted by atomic mass is 16.5. The lowest BCUT2D eigenvalue weighted by molar-refractivity contribution is 0.0705. The van der Waals surface area contributed by atoms with E-state index in [0.717, 1.165) is 13.0 Å². The molecule has 1 aromatic heterocycles. The molecule has 0 amide bonds. The number of aromatic nitrogens is 2. The molecule has 0 spiro atoms. The van der Waals surface area contributed by atoms with E-state index < -0.39 is 0 Å². The van der Waals surface area contributed by atoms with Gasteiger partial charge in [0.25, 0.3) is 0 Å². The summed E-state index contributed by atoms with van der Waals surface area (Å²) in [5.74, 6) is 0.429. The number of nitrogens with zero attached hydrogens (tertiary/aromatic N) is 2. The van der Waals surface area contributed by atoms with Crippen LogP contribution in [0.2, 0.25) is 0 Å². The molecule has 7 heteroatoms. The van der Waals surface area contributed by atoms with Crippen LogP contribution in [0.3, 0.4) is 0 Å². The molecular weight excluding hydrogens is 212 g/mol. The summed E-state index contributed by atoms with van der Waals surface area (Å²) in [5, 5.41) is 10.5. The van der Waals surface area contributed by atoms with Crippen molar-refractivity contribution in [2.24, 2.45) is 5.73 Å². The van der Waals surface area contributed by atoms with E-state index in [1.165, 1.54) is 0 Å². The van der Waals surface area contributed by atoms with E-state index >= 15 is 0 Å². The van der Waals surface area contributed by atoms with Crippen LogP contribution < -0.4 is 11.1 Å². The van der Waals surface area contributed by atoms with Gasteiger partial charge in [-0.25, -0.2) is 0 Å². The molecule has 1 rings (SSSR count). The Hall–Kier alpha value is -1.18. The Morgan fingerprint density at radius 2 is 2.19 bits per heavy atom. The van der Waals surface area contributed by atoms with Crippen molar-refractivity contribution in [3.8, 4) is 0 Å². The van der Waals surface area contributed by atoms with Crippen LogP contribution in [0.5, 0.6) is 0 Å². The normalized spacial score (nSPS) is 10.6. The lowest BCUT2D eigenvalue weighted by atomic mass is 10.4. The predicted molar refractivity (Wildman–Crippen MR) is 58.0 cm³/mol. The van der Waals surface area contributed by atoms with Crippen LogP contribution in [0.4, 0.5) is 6.01 Å². The largest absolute Gasteiger partial charge is 0.407 e. The molecule has 1 heterocycles. The zero-order chi connectivity index (χ0) is 11.6. The quantitative estimate of drug-likeness (QED) is 0.576. The molecule has 0 aromatic carbocycles. The van der Waals surface area contributed by atoms with Crippen molar-refractivity contribution in [2.75, 3.05) is 38.8 Å². The topological polar surface area (TPSA) is 95.4 Å². The van der Waals surface area contributed by atoms with Gasteiger partial charge in [-0.2, -0.15) is 0 Å². The molecule has 0 bridgehead atoms. The van der Waals surface area contributed by atoms with Crippen molar-refractivity contribution in [3.05, 3.63) is 5.89 Å². The van der Waals surface area contributed by atoms with Crippen LogP contribution in [0, 0.1) is 0 Å². The Morgan fingerprint density at radius 1 is 1.31 bits per heavy atom. The molecule has 0 unspecified atom stereocenters. The van der Waals surface area contributed by atoms with Gasteiger partial charge in [-0.3, -0.25) is 0 Å². The van der Waals surface area contributed by atoms with Gasteiger partial charge in [0.05, 0.1) is 19.8 Å². The van der Waals surface area contributed by atoms with E-state index in [1.54, 1.807) is 7.11 Å². The average molecular weight is 230 g/mol. The fourth-order valence-corrected chi connectivity index (χ4v) is 1.02. The molecule has 7 nitrogen and oxygen atoms in total.